The molecule has 0 fully saturated rings. The Morgan fingerprint density at radius 1 is 0.900 bits per heavy atom. The lowest BCUT2D eigenvalue weighted by Crippen LogP contribution is -2.21. The van der Waals surface area contributed by atoms with Crippen molar-refractivity contribution < 1.29 is 19.1 Å². The van der Waals surface area contributed by atoms with Gasteiger partial charge in [0, 0.05) is 0 Å². The normalized spacial score (nSPS) is 18.6. The maximum atomic E-state index is 12.9. The van der Waals surface area contributed by atoms with Crippen LogP contribution in [-0.4, -0.2) is 25.2 Å². The molecule has 1 rings (SSSR count). The average Bonchev–Trinajstić information content (AvgIpc) is 2.95. The molecule has 3 atom stereocenters. The molecule has 0 saturated heterocycles. The van der Waals surface area contributed by atoms with Crippen LogP contribution in [0.4, 0.5) is 0 Å². The molecule has 0 heterocycles. The van der Waals surface area contributed by atoms with Gasteiger partial charge in [-0.05, 0) is 43.4 Å². The summed E-state index contributed by atoms with van der Waals surface area (Å²) < 4.78 is 11.3. The summed E-state index contributed by atoms with van der Waals surface area (Å²) in [6.45, 7) is 11.5. The van der Waals surface area contributed by atoms with Crippen LogP contribution in [0.1, 0.15) is 98.8 Å². The van der Waals surface area contributed by atoms with Gasteiger partial charge < -0.3 is 9.47 Å². The van der Waals surface area contributed by atoms with Gasteiger partial charge in [-0.2, -0.15) is 0 Å². The largest absolute Gasteiger partial charge is 0.462 e. The Bertz CT molecular complexity index is 576. The fraction of sp³-hybridized carbons (Fsp3) is 0.769. The van der Waals surface area contributed by atoms with E-state index in [9.17, 15) is 9.59 Å². The van der Waals surface area contributed by atoms with Crippen LogP contribution < -0.4 is 0 Å². The summed E-state index contributed by atoms with van der Waals surface area (Å²) in [7, 11) is 0. The highest BCUT2D eigenvalue weighted by molar-refractivity contribution is 6.07. The molecular weight excluding hydrogens is 376 g/mol. The first kappa shape index (κ1) is 26.5. The Balaban J connectivity index is 2.79. The monoisotopic (exact) mass is 420 g/mol. The first-order valence-electron chi connectivity index (χ1n) is 12.2. The maximum absolute atomic E-state index is 12.9. The van der Waals surface area contributed by atoms with Crippen LogP contribution in [-0.2, 0) is 19.1 Å². The van der Waals surface area contributed by atoms with Crippen LogP contribution in [0.3, 0.4) is 0 Å². The van der Waals surface area contributed by atoms with E-state index in [1.54, 1.807) is 0 Å². The van der Waals surface area contributed by atoms with Gasteiger partial charge in [-0.25, -0.2) is 9.59 Å². The Morgan fingerprint density at radius 3 is 1.87 bits per heavy atom. The van der Waals surface area contributed by atoms with Crippen molar-refractivity contribution >= 4 is 11.9 Å². The smallest absolute Gasteiger partial charge is 0.338 e. The van der Waals surface area contributed by atoms with Crippen LogP contribution >= 0.6 is 0 Å². The van der Waals surface area contributed by atoms with Crippen LogP contribution in [0.2, 0.25) is 0 Å². The highest BCUT2D eigenvalue weighted by Gasteiger charge is 2.27. The maximum Gasteiger partial charge on any atom is 0.338 e. The molecule has 172 valence electrons. The molecular formula is C26H44O4. The van der Waals surface area contributed by atoms with Gasteiger partial charge in [0.1, 0.15) is 0 Å². The van der Waals surface area contributed by atoms with Crippen molar-refractivity contribution in [3.8, 4) is 0 Å². The minimum atomic E-state index is -0.389. The molecule has 30 heavy (non-hydrogen) atoms. The molecule has 4 heteroatoms. The number of hydrogen-bond acceptors (Lipinski definition) is 4. The SMILES string of the molecule is CCCCC(CC)COC(=O)C1=CCCC(C)C=C1C(=O)OCC(CC)CCCC. The summed E-state index contributed by atoms with van der Waals surface area (Å²) in [5, 5.41) is 0. The predicted octanol–water partition coefficient (Wildman–Crippen LogP) is 6.79. The molecule has 0 aromatic rings. The van der Waals surface area contributed by atoms with E-state index in [0.717, 1.165) is 64.2 Å². The molecule has 0 aliphatic heterocycles. The van der Waals surface area contributed by atoms with E-state index in [2.05, 4.69) is 34.6 Å². The highest BCUT2D eigenvalue weighted by Crippen LogP contribution is 2.25. The zero-order chi connectivity index (χ0) is 22.4. The topological polar surface area (TPSA) is 52.6 Å². The Morgan fingerprint density at radius 2 is 1.40 bits per heavy atom. The molecule has 4 nitrogen and oxygen atoms in total. The molecule has 0 bridgehead atoms. The average molecular weight is 421 g/mol. The summed E-state index contributed by atoms with van der Waals surface area (Å²) in [6, 6.07) is 0. The highest BCUT2D eigenvalue weighted by atomic mass is 16.5. The fourth-order valence-electron chi connectivity index (χ4n) is 3.77. The molecule has 3 unspecified atom stereocenters. The van der Waals surface area contributed by atoms with Crippen molar-refractivity contribution in [3.63, 3.8) is 0 Å². The lowest BCUT2D eigenvalue weighted by Gasteiger charge is -2.18. The van der Waals surface area contributed by atoms with E-state index in [1.807, 2.05) is 12.2 Å². The van der Waals surface area contributed by atoms with Crippen LogP contribution in [0, 0.1) is 17.8 Å². The number of unbranched alkanes of at least 4 members (excludes halogenated alkanes) is 2. The Hall–Kier alpha value is -1.58. The zero-order valence-corrected chi connectivity index (χ0v) is 20.0. The van der Waals surface area contributed by atoms with Gasteiger partial charge in [-0.1, -0.05) is 85.3 Å². The van der Waals surface area contributed by atoms with Gasteiger partial charge in [0.25, 0.3) is 0 Å². The van der Waals surface area contributed by atoms with Crippen LogP contribution in [0.15, 0.2) is 23.3 Å². The third-order valence-corrected chi connectivity index (χ3v) is 6.14. The molecule has 0 aromatic heterocycles. The van der Waals surface area contributed by atoms with E-state index in [0.29, 0.717) is 36.2 Å². The van der Waals surface area contributed by atoms with Crippen LogP contribution in [0.25, 0.3) is 0 Å². The summed E-state index contributed by atoms with van der Waals surface area (Å²) in [6.07, 6.45) is 14.1. The summed E-state index contributed by atoms with van der Waals surface area (Å²) >= 11 is 0. The second-order valence-electron chi connectivity index (χ2n) is 8.78. The Labute approximate surface area is 184 Å². The number of esters is 2. The number of hydrogen-bond donors (Lipinski definition) is 0. The third kappa shape index (κ3) is 9.49. The van der Waals surface area contributed by atoms with Crippen molar-refractivity contribution in [1.82, 2.24) is 0 Å². The van der Waals surface area contributed by atoms with Gasteiger partial charge in [0.2, 0.25) is 0 Å². The van der Waals surface area contributed by atoms with Crippen molar-refractivity contribution in [2.24, 2.45) is 17.8 Å². The Kier molecular flexibility index (Phi) is 13.5. The van der Waals surface area contributed by atoms with Crippen molar-refractivity contribution in [3.05, 3.63) is 23.3 Å². The van der Waals surface area contributed by atoms with Gasteiger partial charge >= 0.3 is 11.9 Å². The van der Waals surface area contributed by atoms with Crippen LogP contribution in [0.5, 0.6) is 0 Å². The molecule has 0 N–H and O–H groups in total. The molecule has 0 spiro atoms. The van der Waals surface area contributed by atoms with E-state index in [4.69, 9.17) is 9.47 Å². The fourth-order valence-corrected chi connectivity index (χ4v) is 3.77. The molecule has 1 aliphatic carbocycles. The van der Waals surface area contributed by atoms with Crippen molar-refractivity contribution in [2.45, 2.75) is 98.8 Å². The minimum absolute atomic E-state index is 0.226. The van der Waals surface area contributed by atoms with Gasteiger partial charge in [-0.15, -0.1) is 0 Å². The zero-order valence-electron chi connectivity index (χ0n) is 20.0. The van der Waals surface area contributed by atoms with Gasteiger partial charge in [0.05, 0.1) is 24.4 Å². The summed E-state index contributed by atoms with van der Waals surface area (Å²) in [5.74, 6) is 0.202. The molecule has 0 amide bonds. The first-order chi connectivity index (χ1) is 14.5. The number of ether oxygens (including phenoxy) is 2. The van der Waals surface area contributed by atoms with Crippen molar-refractivity contribution in [2.75, 3.05) is 13.2 Å². The number of allylic oxidation sites excluding steroid dienone is 2. The summed E-state index contributed by atoms with van der Waals surface area (Å²) in [4.78, 5) is 25.8. The predicted molar refractivity (Wildman–Crippen MR) is 123 cm³/mol. The quantitative estimate of drug-likeness (QED) is 0.290. The molecule has 0 radical (unpaired) electrons. The lowest BCUT2D eigenvalue weighted by atomic mass is 9.99. The molecule has 1 aliphatic rings. The number of rotatable bonds is 14. The van der Waals surface area contributed by atoms with E-state index >= 15 is 0 Å². The lowest BCUT2D eigenvalue weighted by molar-refractivity contribution is -0.144. The second kappa shape index (κ2) is 15.3. The van der Waals surface area contributed by atoms with E-state index in [1.165, 1.54) is 0 Å². The minimum Gasteiger partial charge on any atom is -0.462 e. The molecule has 0 saturated carbocycles. The van der Waals surface area contributed by atoms with Gasteiger partial charge in [0.15, 0.2) is 0 Å². The second-order valence-corrected chi connectivity index (χ2v) is 8.78. The first-order valence-corrected chi connectivity index (χ1v) is 12.2. The van der Waals surface area contributed by atoms with E-state index in [-0.39, 0.29) is 17.9 Å². The number of carbonyl (C=O) groups is 2. The standard InChI is InChI=1S/C26H44O4/c1-6-10-14-21(8-3)18-29-25(27)23-16-12-13-20(5)17-24(23)26(28)30-19-22(9-4)15-11-7-2/h16-17,20-22H,6-15,18-19H2,1-5H3. The number of carbonyl (C=O) groups excluding carboxylic acids is 2. The van der Waals surface area contributed by atoms with E-state index < -0.39 is 0 Å². The molecule has 0 aromatic carbocycles. The summed E-state index contributed by atoms with van der Waals surface area (Å²) in [5.41, 5.74) is 0.772. The van der Waals surface area contributed by atoms with Gasteiger partial charge in [-0.3, -0.25) is 0 Å². The van der Waals surface area contributed by atoms with Crippen molar-refractivity contribution in [1.29, 1.82) is 0 Å². The third-order valence-electron chi connectivity index (χ3n) is 6.14.